The number of unbranched alkanes of at least 4 members (excludes halogenated alkanes) is 1. The van der Waals surface area contributed by atoms with E-state index in [1.54, 1.807) is 10.6 Å². The van der Waals surface area contributed by atoms with Crippen LogP contribution in [0.2, 0.25) is 25.7 Å². The van der Waals surface area contributed by atoms with E-state index < -0.39 is 13.5 Å². The highest BCUT2D eigenvalue weighted by Gasteiger charge is 2.31. The van der Waals surface area contributed by atoms with Crippen molar-refractivity contribution in [2.75, 3.05) is 32.0 Å². The molecule has 2 aromatic heterocycles. The van der Waals surface area contributed by atoms with Gasteiger partial charge in [-0.15, -0.1) is 0 Å². The van der Waals surface area contributed by atoms with Gasteiger partial charge in [-0.1, -0.05) is 53.8 Å². The highest BCUT2D eigenvalue weighted by atomic mass is 28.3. The molecule has 1 saturated heterocycles. The van der Waals surface area contributed by atoms with E-state index in [0.29, 0.717) is 67.9 Å². The first-order valence-corrected chi connectivity index (χ1v) is 18.4. The average Bonchev–Trinajstić information content (AvgIpc) is 3.21. The third kappa shape index (κ3) is 8.46. The molecule has 11 heteroatoms. The maximum Gasteiger partial charge on any atom is 0.319 e. The SMILES string of the molecule is CCCCOc1nc(N)c2c(n1)c(CC=C(O)C1CCN(C(=O)C(C)(C)C)CC1)c(C#N)n2COCC[Si](C)(C)C. The summed E-state index contributed by atoms with van der Waals surface area (Å²) in [4.78, 5) is 23.6. The zero-order valence-corrected chi connectivity index (χ0v) is 26.9. The molecular weight excluding hydrogens is 536 g/mol. The molecule has 1 aliphatic heterocycles. The number of carbonyl (C=O) groups excluding carboxylic acids is 1. The Morgan fingerprint density at radius 2 is 1.90 bits per heavy atom. The second-order valence-corrected chi connectivity index (χ2v) is 18.8. The molecule has 0 atom stereocenters. The standard InChI is InChI=1S/C30H48N6O4Si/c1-8-9-16-40-29-33-25-22(10-11-24(37)21-12-14-35(15-13-21)28(38)30(2,3)4)23(19-31)36(26(25)27(32)34-29)20-39-17-18-41(5,6)7/h11,21,37H,8-10,12-18,20H2,1-7H3,(H2,32,33,34). The smallest absolute Gasteiger partial charge is 0.319 e. The van der Waals surface area contributed by atoms with Crippen molar-refractivity contribution in [2.45, 2.75) is 92.2 Å². The second kappa shape index (κ2) is 13.7. The summed E-state index contributed by atoms with van der Waals surface area (Å²) >= 11 is 0. The minimum Gasteiger partial charge on any atom is -0.512 e. The Hall–Kier alpha value is -3.10. The molecule has 0 aliphatic carbocycles. The van der Waals surface area contributed by atoms with Crippen LogP contribution in [-0.2, 0) is 22.7 Å². The lowest BCUT2D eigenvalue weighted by molar-refractivity contribution is -0.140. The molecule has 0 saturated carbocycles. The average molecular weight is 585 g/mol. The lowest BCUT2D eigenvalue weighted by atomic mass is 9.90. The van der Waals surface area contributed by atoms with E-state index in [2.05, 4.69) is 42.6 Å². The normalized spacial score (nSPS) is 15.4. The molecule has 3 heterocycles. The van der Waals surface area contributed by atoms with Crippen molar-refractivity contribution in [2.24, 2.45) is 11.3 Å². The number of nitrogen functional groups attached to an aromatic ring is 1. The highest BCUT2D eigenvalue weighted by molar-refractivity contribution is 6.76. The van der Waals surface area contributed by atoms with Gasteiger partial charge in [-0.05, 0) is 37.8 Å². The predicted molar refractivity (Wildman–Crippen MR) is 164 cm³/mol. The third-order valence-electron chi connectivity index (χ3n) is 7.41. The van der Waals surface area contributed by atoms with E-state index in [1.165, 1.54) is 0 Å². The van der Waals surface area contributed by atoms with Gasteiger partial charge in [0.2, 0.25) is 5.91 Å². The van der Waals surface area contributed by atoms with E-state index in [1.807, 2.05) is 25.7 Å². The van der Waals surface area contributed by atoms with Crippen molar-refractivity contribution in [1.29, 1.82) is 5.26 Å². The van der Waals surface area contributed by atoms with Crippen LogP contribution in [0.5, 0.6) is 6.01 Å². The van der Waals surface area contributed by atoms with Gasteiger partial charge in [0.1, 0.15) is 29.5 Å². The van der Waals surface area contributed by atoms with E-state index in [0.717, 1.165) is 18.9 Å². The van der Waals surface area contributed by atoms with Gasteiger partial charge in [-0.2, -0.15) is 15.2 Å². The Morgan fingerprint density at radius 3 is 2.49 bits per heavy atom. The van der Waals surface area contributed by atoms with Gasteiger partial charge in [0.05, 0.1) is 12.4 Å². The number of ether oxygens (including phenoxy) is 2. The number of rotatable bonds is 12. The second-order valence-electron chi connectivity index (χ2n) is 13.2. The molecule has 1 fully saturated rings. The van der Waals surface area contributed by atoms with Crippen LogP contribution in [0.3, 0.4) is 0 Å². The number of piperidine rings is 1. The number of anilines is 1. The molecule has 10 nitrogen and oxygen atoms in total. The summed E-state index contributed by atoms with van der Waals surface area (Å²) in [6, 6.07) is 3.49. The number of nitrogens with two attached hydrogens (primary N) is 1. The maximum atomic E-state index is 12.7. The van der Waals surface area contributed by atoms with Crippen molar-refractivity contribution in [3.8, 4) is 12.1 Å². The first-order chi connectivity index (χ1) is 19.3. The molecule has 1 amide bonds. The Morgan fingerprint density at radius 1 is 1.22 bits per heavy atom. The van der Waals surface area contributed by atoms with Crippen LogP contribution in [0.4, 0.5) is 5.82 Å². The number of nitrogens with zero attached hydrogens (tertiary/aromatic N) is 5. The first kappa shape index (κ1) is 32.4. The quantitative estimate of drug-likeness (QED) is 0.185. The fourth-order valence-electron chi connectivity index (χ4n) is 4.90. The molecule has 3 rings (SSSR count). The van der Waals surface area contributed by atoms with Crippen molar-refractivity contribution in [3.05, 3.63) is 23.1 Å². The van der Waals surface area contributed by atoms with Crippen molar-refractivity contribution < 1.29 is 19.4 Å². The van der Waals surface area contributed by atoms with Gasteiger partial charge in [0.25, 0.3) is 0 Å². The number of amides is 1. The Bertz CT molecular complexity index is 1280. The number of aliphatic hydroxyl groups excluding tert-OH is 1. The predicted octanol–water partition coefficient (Wildman–Crippen LogP) is 5.65. The van der Waals surface area contributed by atoms with Crippen LogP contribution in [-0.4, -0.2) is 64.8 Å². The molecule has 226 valence electrons. The van der Waals surface area contributed by atoms with Crippen molar-refractivity contribution in [3.63, 3.8) is 0 Å². The van der Waals surface area contributed by atoms with Crippen LogP contribution < -0.4 is 10.5 Å². The van der Waals surface area contributed by atoms with E-state index >= 15 is 0 Å². The third-order valence-corrected chi connectivity index (χ3v) is 9.12. The summed E-state index contributed by atoms with van der Waals surface area (Å²) in [6.07, 6.45) is 5.26. The molecule has 0 unspecified atom stereocenters. The number of hydrogen-bond acceptors (Lipinski definition) is 8. The number of likely N-dealkylation sites (tertiary alicyclic amines) is 1. The van der Waals surface area contributed by atoms with Gasteiger partial charge in [0.15, 0.2) is 5.82 Å². The zero-order valence-electron chi connectivity index (χ0n) is 25.9. The molecule has 0 bridgehead atoms. The Balaban J connectivity index is 1.89. The van der Waals surface area contributed by atoms with Gasteiger partial charge in [-0.25, -0.2) is 0 Å². The number of allylic oxidation sites excluding steroid dienone is 2. The van der Waals surface area contributed by atoms with Gasteiger partial charge >= 0.3 is 6.01 Å². The summed E-state index contributed by atoms with van der Waals surface area (Å²) in [5.74, 6) is 0.579. The van der Waals surface area contributed by atoms with E-state index in [9.17, 15) is 15.2 Å². The number of aromatic nitrogens is 3. The molecular formula is C30H48N6O4Si. The minimum absolute atomic E-state index is 0.0459. The lowest BCUT2D eigenvalue weighted by Crippen LogP contribution is -2.44. The van der Waals surface area contributed by atoms with Crippen molar-refractivity contribution in [1.82, 2.24) is 19.4 Å². The molecule has 2 aromatic rings. The van der Waals surface area contributed by atoms with Crippen LogP contribution in [0, 0.1) is 22.7 Å². The number of fused-ring (bicyclic) bond motifs is 1. The monoisotopic (exact) mass is 584 g/mol. The summed E-state index contributed by atoms with van der Waals surface area (Å²) in [6.45, 7) is 17.2. The summed E-state index contributed by atoms with van der Waals surface area (Å²) in [5.41, 5.74) is 8.09. The lowest BCUT2D eigenvalue weighted by Gasteiger charge is -2.35. The largest absolute Gasteiger partial charge is 0.512 e. The summed E-state index contributed by atoms with van der Waals surface area (Å²) in [5, 5.41) is 21.2. The van der Waals surface area contributed by atoms with Gasteiger partial charge < -0.3 is 29.8 Å². The fraction of sp³-hybridized carbons (Fsp3) is 0.667. The van der Waals surface area contributed by atoms with Crippen LogP contribution in [0.25, 0.3) is 11.0 Å². The van der Waals surface area contributed by atoms with Gasteiger partial charge in [0, 0.05) is 44.7 Å². The molecule has 0 radical (unpaired) electrons. The van der Waals surface area contributed by atoms with E-state index in [-0.39, 0.29) is 36.1 Å². The van der Waals surface area contributed by atoms with Crippen LogP contribution in [0.15, 0.2) is 11.8 Å². The fourth-order valence-corrected chi connectivity index (χ4v) is 5.65. The Labute approximate surface area is 245 Å². The summed E-state index contributed by atoms with van der Waals surface area (Å²) in [7, 11) is -1.28. The molecule has 0 aromatic carbocycles. The number of nitriles is 1. The number of hydrogen-bond donors (Lipinski definition) is 2. The first-order valence-electron chi connectivity index (χ1n) is 14.7. The van der Waals surface area contributed by atoms with Crippen LogP contribution in [0.1, 0.15) is 64.6 Å². The summed E-state index contributed by atoms with van der Waals surface area (Å²) < 4.78 is 13.5. The Kier molecular flexibility index (Phi) is 10.8. The molecule has 0 spiro atoms. The number of aliphatic hydroxyl groups is 1. The van der Waals surface area contributed by atoms with E-state index in [4.69, 9.17) is 15.2 Å². The minimum atomic E-state index is -1.28. The highest BCUT2D eigenvalue weighted by Crippen LogP contribution is 2.32. The van der Waals surface area contributed by atoms with Gasteiger partial charge in [-0.3, -0.25) is 4.79 Å². The zero-order chi connectivity index (χ0) is 30.4. The number of carbonyl (C=O) groups is 1. The van der Waals surface area contributed by atoms with Crippen LogP contribution >= 0.6 is 0 Å². The maximum absolute atomic E-state index is 12.7. The van der Waals surface area contributed by atoms with Crippen molar-refractivity contribution >= 4 is 30.8 Å². The molecule has 3 N–H and O–H groups in total. The molecule has 41 heavy (non-hydrogen) atoms. The molecule has 1 aliphatic rings. The topological polar surface area (TPSA) is 140 Å².